The molecule has 2 saturated heterocycles. The van der Waals surface area contributed by atoms with Crippen LogP contribution in [0.25, 0.3) is 0 Å². The summed E-state index contributed by atoms with van der Waals surface area (Å²) in [6.45, 7) is 4.67. The molecule has 126 valence electrons. The van der Waals surface area contributed by atoms with Crippen molar-refractivity contribution in [3.63, 3.8) is 0 Å². The van der Waals surface area contributed by atoms with Crippen LogP contribution in [-0.4, -0.2) is 60.5 Å². The van der Waals surface area contributed by atoms with Crippen molar-refractivity contribution in [2.45, 2.75) is 44.7 Å². The smallest absolute Gasteiger partial charge is 0.219 e. The van der Waals surface area contributed by atoms with Crippen LogP contribution >= 0.6 is 0 Å². The first-order valence-corrected chi connectivity index (χ1v) is 8.71. The Morgan fingerprint density at radius 1 is 1.22 bits per heavy atom. The minimum absolute atomic E-state index is 0.214. The van der Waals surface area contributed by atoms with Gasteiger partial charge in [0.05, 0.1) is 0 Å². The van der Waals surface area contributed by atoms with Crippen molar-refractivity contribution in [3.05, 3.63) is 23.9 Å². The third-order valence-corrected chi connectivity index (χ3v) is 5.29. The summed E-state index contributed by atoms with van der Waals surface area (Å²) in [5, 5.41) is 0. The van der Waals surface area contributed by atoms with Gasteiger partial charge in [-0.15, -0.1) is 0 Å². The Bertz CT molecular complexity index is 552. The maximum atomic E-state index is 11.5. The average molecular weight is 316 g/mol. The molecule has 1 amide bonds. The largest absolute Gasteiger partial charge is 0.363 e. The molecular formula is C18H28N4O. The molecule has 2 fully saturated rings. The van der Waals surface area contributed by atoms with E-state index in [9.17, 15) is 4.79 Å². The molecule has 0 aliphatic carbocycles. The van der Waals surface area contributed by atoms with Crippen molar-refractivity contribution >= 4 is 11.7 Å². The molecule has 0 radical (unpaired) electrons. The molecule has 2 aliphatic heterocycles. The zero-order valence-corrected chi connectivity index (χ0v) is 14.5. The standard InChI is InChI=1S/C18H28N4O/c1-14(23)21-11-7-16(8-12-21)22-10-4-5-17(22)15-6-9-19-18(13-15)20(2)3/h6,9,13,16-17H,4-5,7-8,10-12H2,1-3H3/t17-/m1/s1. The number of hydrogen-bond acceptors (Lipinski definition) is 4. The van der Waals surface area contributed by atoms with Crippen molar-refractivity contribution in [3.8, 4) is 0 Å². The zero-order chi connectivity index (χ0) is 16.4. The van der Waals surface area contributed by atoms with Gasteiger partial charge in [0.15, 0.2) is 0 Å². The lowest BCUT2D eigenvalue weighted by Crippen LogP contribution is -2.45. The Balaban J connectivity index is 1.71. The fourth-order valence-corrected chi connectivity index (χ4v) is 3.98. The molecule has 5 nitrogen and oxygen atoms in total. The van der Waals surface area contributed by atoms with E-state index in [2.05, 4.69) is 26.9 Å². The third-order valence-electron chi connectivity index (χ3n) is 5.29. The number of carbonyl (C=O) groups is 1. The lowest BCUT2D eigenvalue weighted by molar-refractivity contribution is -0.130. The predicted octanol–water partition coefficient (Wildman–Crippen LogP) is 2.30. The summed E-state index contributed by atoms with van der Waals surface area (Å²) in [4.78, 5) is 22.7. The summed E-state index contributed by atoms with van der Waals surface area (Å²) in [6, 6.07) is 5.51. The van der Waals surface area contributed by atoms with E-state index >= 15 is 0 Å². The Labute approximate surface area is 139 Å². The maximum absolute atomic E-state index is 11.5. The average Bonchev–Trinajstić information content (AvgIpc) is 3.04. The number of likely N-dealkylation sites (tertiary alicyclic amines) is 2. The van der Waals surface area contributed by atoms with Gasteiger partial charge in [-0.2, -0.15) is 0 Å². The van der Waals surface area contributed by atoms with Gasteiger partial charge in [0.25, 0.3) is 0 Å². The number of hydrogen-bond donors (Lipinski definition) is 0. The minimum Gasteiger partial charge on any atom is -0.363 e. The first kappa shape index (κ1) is 16.2. The van der Waals surface area contributed by atoms with E-state index in [1.165, 1.54) is 24.9 Å². The van der Waals surface area contributed by atoms with Crippen LogP contribution in [0.15, 0.2) is 18.3 Å². The van der Waals surface area contributed by atoms with E-state index in [1.54, 1.807) is 6.92 Å². The number of pyridine rings is 1. The molecule has 1 aromatic heterocycles. The summed E-state index contributed by atoms with van der Waals surface area (Å²) in [7, 11) is 4.08. The van der Waals surface area contributed by atoms with Crippen LogP contribution in [0.2, 0.25) is 0 Å². The molecule has 3 rings (SSSR count). The van der Waals surface area contributed by atoms with E-state index in [1.807, 2.05) is 25.2 Å². The predicted molar refractivity (Wildman–Crippen MR) is 92.5 cm³/mol. The second-order valence-electron chi connectivity index (χ2n) is 6.97. The highest BCUT2D eigenvalue weighted by Gasteiger charge is 2.34. The van der Waals surface area contributed by atoms with E-state index in [4.69, 9.17) is 0 Å². The Hall–Kier alpha value is -1.62. The van der Waals surface area contributed by atoms with Gasteiger partial charge in [0.1, 0.15) is 5.82 Å². The van der Waals surface area contributed by atoms with Crippen LogP contribution in [0.3, 0.4) is 0 Å². The fraction of sp³-hybridized carbons (Fsp3) is 0.667. The highest BCUT2D eigenvalue weighted by atomic mass is 16.2. The topological polar surface area (TPSA) is 39.7 Å². The molecule has 0 aromatic carbocycles. The molecule has 5 heteroatoms. The van der Waals surface area contributed by atoms with E-state index in [-0.39, 0.29) is 5.91 Å². The SMILES string of the molecule is CC(=O)N1CCC(N2CCC[C@@H]2c2ccnc(N(C)C)c2)CC1. The van der Waals surface area contributed by atoms with Gasteiger partial charge in [-0.25, -0.2) is 4.98 Å². The molecular weight excluding hydrogens is 288 g/mol. The molecule has 3 heterocycles. The minimum atomic E-state index is 0.214. The number of rotatable bonds is 3. The monoisotopic (exact) mass is 316 g/mol. The second-order valence-corrected chi connectivity index (χ2v) is 6.97. The lowest BCUT2D eigenvalue weighted by atomic mass is 9.99. The Kier molecular flexibility index (Phi) is 4.85. The molecule has 1 atom stereocenters. The van der Waals surface area contributed by atoms with Crippen LogP contribution in [0.4, 0.5) is 5.82 Å². The summed E-state index contributed by atoms with van der Waals surface area (Å²) in [6.07, 6.45) is 6.62. The summed E-state index contributed by atoms with van der Waals surface area (Å²) >= 11 is 0. The van der Waals surface area contributed by atoms with Crippen molar-refractivity contribution in [2.75, 3.05) is 38.6 Å². The maximum Gasteiger partial charge on any atom is 0.219 e. The van der Waals surface area contributed by atoms with Crippen LogP contribution in [0, 0.1) is 0 Å². The quantitative estimate of drug-likeness (QED) is 0.858. The van der Waals surface area contributed by atoms with Crippen LogP contribution < -0.4 is 4.90 Å². The van der Waals surface area contributed by atoms with E-state index < -0.39 is 0 Å². The number of piperidine rings is 1. The summed E-state index contributed by atoms with van der Waals surface area (Å²) in [5.41, 5.74) is 1.38. The van der Waals surface area contributed by atoms with Crippen LogP contribution in [0.1, 0.15) is 44.2 Å². The molecule has 0 unspecified atom stereocenters. The summed E-state index contributed by atoms with van der Waals surface area (Å²) < 4.78 is 0. The summed E-state index contributed by atoms with van der Waals surface area (Å²) in [5.74, 6) is 1.24. The second kappa shape index (κ2) is 6.87. The molecule has 2 aliphatic rings. The molecule has 0 bridgehead atoms. The molecule has 0 N–H and O–H groups in total. The van der Waals surface area contributed by atoms with E-state index in [0.717, 1.165) is 31.7 Å². The van der Waals surface area contributed by atoms with Gasteiger partial charge in [-0.05, 0) is 49.9 Å². The fourth-order valence-electron chi connectivity index (χ4n) is 3.98. The zero-order valence-electron chi connectivity index (χ0n) is 14.5. The number of anilines is 1. The number of nitrogens with zero attached hydrogens (tertiary/aromatic N) is 4. The first-order valence-electron chi connectivity index (χ1n) is 8.71. The van der Waals surface area contributed by atoms with Crippen molar-refractivity contribution < 1.29 is 4.79 Å². The highest BCUT2D eigenvalue weighted by molar-refractivity contribution is 5.73. The molecule has 0 saturated carbocycles. The van der Waals surface area contributed by atoms with Crippen LogP contribution in [-0.2, 0) is 4.79 Å². The highest BCUT2D eigenvalue weighted by Crippen LogP contribution is 2.36. The third kappa shape index (κ3) is 3.50. The Morgan fingerprint density at radius 2 is 1.96 bits per heavy atom. The number of carbonyl (C=O) groups excluding carboxylic acids is 1. The van der Waals surface area contributed by atoms with Gasteiger partial charge < -0.3 is 9.80 Å². The van der Waals surface area contributed by atoms with Gasteiger partial charge in [-0.3, -0.25) is 9.69 Å². The van der Waals surface area contributed by atoms with E-state index in [0.29, 0.717) is 12.1 Å². The molecule has 1 aromatic rings. The van der Waals surface area contributed by atoms with Gasteiger partial charge in [0.2, 0.25) is 5.91 Å². The van der Waals surface area contributed by atoms with Crippen LogP contribution in [0.5, 0.6) is 0 Å². The molecule has 23 heavy (non-hydrogen) atoms. The van der Waals surface area contributed by atoms with Crippen molar-refractivity contribution in [1.29, 1.82) is 0 Å². The van der Waals surface area contributed by atoms with Gasteiger partial charge in [0, 0.05) is 52.4 Å². The van der Waals surface area contributed by atoms with Gasteiger partial charge >= 0.3 is 0 Å². The first-order chi connectivity index (χ1) is 11.1. The van der Waals surface area contributed by atoms with Crippen molar-refractivity contribution in [2.24, 2.45) is 0 Å². The number of aromatic nitrogens is 1. The normalized spacial score (nSPS) is 23.3. The van der Waals surface area contributed by atoms with Crippen molar-refractivity contribution in [1.82, 2.24) is 14.8 Å². The lowest BCUT2D eigenvalue weighted by Gasteiger charge is -2.39. The Morgan fingerprint density at radius 3 is 2.61 bits per heavy atom. The number of amides is 1. The molecule has 0 spiro atoms. The van der Waals surface area contributed by atoms with Gasteiger partial charge in [-0.1, -0.05) is 0 Å².